The number of benzene rings is 2. The van der Waals surface area contributed by atoms with Crippen LogP contribution < -0.4 is 5.32 Å². The van der Waals surface area contributed by atoms with E-state index in [-0.39, 0.29) is 18.3 Å². The van der Waals surface area contributed by atoms with Gasteiger partial charge in [-0.05, 0) is 61.7 Å². The highest BCUT2D eigenvalue weighted by Crippen LogP contribution is 2.28. The summed E-state index contributed by atoms with van der Waals surface area (Å²) in [6.45, 7) is -0.201. The highest BCUT2D eigenvalue weighted by molar-refractivity contribution is 5.99. The highest BCUT2D eigenvalue weighted by Gasteiger charge is 2.29. The lowest BCUT2D eigenvalue weighted by Crippen LogP contribution is -2.35. The molecule has 6 nitrogen and oxygen atoms in total. The molecule has 3 aromatic rings. The summed E-state index contributed by atoms with van der Waals surface area (Å²) in [7, 11) is 1.52. The minimum atomic E-state index is -0.459. The largest absolute Gasteiger partial charge is 0.331 e. The molecule has 1 heterocycles. The summed E-state index contributed by atoms with van der Waals surface area (Å²) in [5, 5.41) is 7.05. The van der Waals surface area contributed by atoms with Crippen molar-refractivity contribution in [2.45, 2.75) is 19.3 Å². The minimum absolute atomic E-state index is 0.201. The molecule has 0 saturated carbocycles. The Kier molecular flexibility index (Phi) is 5.31. The quantitative estimate of drug-likeness (QED) is 0.702. The first-order chi connectivity index (χ1) is 14.4. The van der Waals surface area contributed by atoms with E-state index in [0.717, 1.165) is 30.5 Å². The van der Waals surface area contributed by atoms with Crippen molar-refractivity contribution in [2.75, 3.05) is 18.9 Å². The summed E-state index contributed by atoms with van der Waals surface area (Å²) < 4.78 is 28.2. The Morgan fingerprint density at radius 2 is 1.87 bits per heavy atom. The molecule has 0 aliphatic heterocycles. The summed E-state index contributed by atoms with van der Waals surface area (Å²) in [6, 6.07) is 11.5. The average molecular weight is 410 g/mol. The van der Waals surface area contributed by atoms with E-state index in [9.17, 15) is 18.4 Å². The van der Waals surface area contributed by atoms with E-state index in [2.05, 4.69) is 10.4 Å². The fourth-order valence-corrected chi connectivity index (χ4v) is 3.64. The van der Waals surface area contributed by atoms with E-state index in [1.54, 1.807) is 22.9 Å². The number of hydrogen-bond donors (Lipinski definition) is 1. The number of aromatic nitrogens is 2. The summed E-state index contributed by atoms with van der Waals surface area (Å²) in [4.78, 5) is 26.6. The molecule has 8 heteroatoms. The fraction of sp³-hybridized carbons (Fsp3) is 0.227. The lowest BCUT2D eigenvalue weighted by molar-refractivity contribution is -0.116. The number of likely N-dealkylation sites (N-methyl/N-ethyl adjacent to an activating group) is 1. The van der Waals surface area contributed by atoms with Crippen LogP contribution in [0.25, 0.3) is 5.69 Å². The lowest BCUT2D eigenvalue weighted by atomic mass is 10.2. The topological polar surface area (TPSA) is 67.2 Å². The predicted octanol–water partition coefficient (Wildman–Crippen LogP) is 3.35. The van der Waals surface area contributed by atoms with Crippen molar-refractivity contribution < 1.29 is 18.4 Å². The number of carbonyl (C=O) groups excluding carboxylic acids is 2. The molecule has 0 radical (unpaired) electrons. The van der Waals surface area contributed by atoms with Crippen molar-refractivity contribution in [3.8, 4) is 5.69 Å². The van der Waals surface area contributed by atoms with Crippen molar-refractivity contribution in [3.63, 3.8) is 0 Å². The van der Waals surface area contributed by atoms with Gasteiger partial charge in [-0.2, -0.15) is 5.10 Å². The van der Waals surface area contributed by atoms with Crippen LogP contribution in [0, 0.1) is 11.6 Å². The molecule has 2 aromatic carbocycles. The van der Waals surface area contributed by atoms with Crippen molar-refractivity contribution >= 4 is 17.5 Å². The normalized spacial score (nSPS) is 12.5. The third-order valence-corrected chi connectivity index (χ3v) is 5.04. The molecule has 4 rings (SSSR count). The van der Waals surface area contributed by atoms with Gasteiger partial charge in [-0.1, -0.05) is 6.07 Å². The maximum absolute atomic E-state index is 13.3. The zero-order chi connectivity index (χ0) is 21.3. The standard InChI is InChI=1S/C22H20F2N4O2/c1-27(13-20(29)25-16-5-2-4-15(24)12-16)22(30)21-18-6-3-7-19(18)28(26-21)17-10-8-14(23)9-11-17/h2,4-5,8-12H,3,6-7,13H2,1H3,(H,25,29). The SMILES string of the molecule is CN(CC(=O)Nc1cccc(F)c1)C(=O)c1nn(-c2ccc(F)cc2)c2c1CCC2. The van der Waals surface area contributed by atoms with Crippen molar-refractivity contribution in [3.05, 3.63) is 77.1 Å². The molecule has 30 heavy (non-hydrogen) atoms. The van der Waals surface area contributed by atoms with Crippen LogP contribution >= 0.6 is 0 Å². The molecule has 0 spiro atoms. The van der Waals surface area contributed by atoms with Crippen LogP contribution in [0.4, 0.5) is 14.5 Å². The number of anilines is 1. The second-order valence-corrected chi connectivity index (χ2v) is 7.24. The zero-order valence-electron chi connectivity index (χ0n) is 16.4. The first kappa shape index (κ1) is 19.8. The number of hydrogen-bond acceptors (Lipinski definition) is 3. The van der Waals surface area contributed by atoms with E-state index in [1.165, 1.54) is 42.3 Å². The predicted molar refractivity (Wildman–Crippen MR) is 108 cm³/mol. The van der Waals surface area contributed by atoms with Gasteiger partial charge in [0, 0.05) is 24.0 Å². The van der Waals surface area contributed by atoms with Crippen LogP contribution in [-0.4, -0.2) is 40.1 Å². The van der Waals surface area contributed by atoms with Crippen molar-refractivity contribution in [1.29, 1.82) is 0 Å². The number of carbonyl (C=O) groups is 2. The first-order valence-electron chi connectivity index (χ1n) is 9.60. The van der Waals surface area contributed by atoms with Crippen LogP contribution in [-0.2, 0) is 17.6 Å². The molecular weight excluding hydrogens is 390 g/mol. The van der Waals surface area contributed by atoms with Crippen LogP contribution in [0.2, 0.25) is 0 Å². The molecule has 0 unspecified atom stereocenters. The summed E-state index contributed by atoms with van der Waals surface area (Å²) >= 11 is 0. The average Bonchev–Trinajstić information content (AvgIpc) is 3.31. The smallest absolute Gasteiger partial charge is 0.274 e. The molecular formula is C22H20F2N4O2. The molecule has 2 amide bonds. The Bertz CT molecular complexity index is 1110. The maximum atomic E-state index is 13.3. The fourth-order valence-electron chi connectivity index (χ4n) is 3.64. The number of nitrogens with zero attached hydrogens (tertiary/aromatic N) is 3. The van der Waals surface area contributed by atoms with Gasteiger partial charge in [-0.15, -0.1) is 0 Å². The molecule has 0 atom stereocenters. The third-order valence-electron chi connectivity index (χ3n) is 5.04. The van der Waals surface area contributed by atoms with Crippen LogP contribution in [0.15, 0.2) is 48.5 Å². The Hall–Kier alpha value is -3.55. The van der Waals surface area contributed by atoms with Crippen molar-refractivity contribution in [1.82, 2.24) is 14.7 Å². The monoisotopic (exact) mass is 410 g/mol. The second-order valence-electron chi connectivity index (χ2n) is 7.24. The highest BCUT2D eigenvalue weighted by atomic mass is 19.1. The van der Waals surface area contributed by atoms with Gasteiger partial charge in [0.25, 0.3) is 5.91 Å². The Labute approximate surface area is 172 Å². The molecule has 0 fully saturated rings. The zero-order valence-corrected chi connectivity index (χ0v) is 16.4. The molecule has 1 N–H and O–H groups in total. The Morgan fingerprint density at radius 3 is 2.60 bits per heavy atom. The van der Waals surface area contributed by atoms with E-state index in [4.69, 9.17) is 0 Å². The van der Waals surface area contributed by atoms with E-state index in [1.807, 2.05) is 0 Å². The number of rotatable bonds is 5. The van der Waals surface area contributed by atoms with Gasteiger partial charge in [0.2, 0.25) is 5.91 Å². The van der Waals surface area contributed by atoms with Crippen LogP contribution in [0.3, 0.4) is 0 Å². The molecule has 1 aromatic heterocycles. The number of amides is 2. The van der Waals surface area contributed by atoms with Gasteiger partial charge in [0.05, 0.1) is 12.2 Å². The van der Waals surface area contributed by atoms with Gasteiger partial charge in [0.1, 0.15) is 11.6 Å². The van der Waals surface area contributed by atoms with Gasteiger partial charge in [-0.3, -0.25) is 9.59 Å². The van der Waals surface area contributed by atoms with E-state index >= 15 is 0 Å². The lowest BCUT2D eigenvalue weighted by Gasteiger charge is -2.16. The van der Waals surface area contributed by atoms with Crippen molar-refractivity contribution in [2.24, 2.45) is 0 Å². The van der Waals surface area contributed by atoms with E-state index in [0.29, 0.717) is 17.1 Å². The molecule has 0 bridgehead atoms. The summed E-state index contributed by atoms with van der Waals surface area (Å²) in [5.74, 6) is -1.61. The number of nitrogens with one attached hydrogen (secondary N) is 1. The molecule has 154 valence electrons. The Balaban J connectivity index is 1.52. The van der Waals surface area contributed by atoms with Gasteiger partial charge in [-0.25, -0.2) is 13.5 Å². The Morgan fingerprint density at radius 1 is 1.10 bits per heavy atom. The first-order valence-corrected chi connectivity index (χ1v) is 9.60. The third kappa shape index (κ3) is 3.94. The number of halogens is 2. The minimum Gasteiger partial charge on any atom is -0.331 e. The van der Waals surface area contributed by atoms with Gasteiger partial charge in [0.15, 0.2) is 5.69 Å². The molecule has 0 saturated heterocycles. The number of fused-ring (bicyclic) bond motifs is 1. The summed E-state index contributed by atoms with van der Waals surface area (Å²) in [6.07, 6.45) is 2.40. The van der Waals surface area contributed by atoms with E-state index < -0.39 is 11.7 Å². The molecule has 1 aliphatic rings. The van der Waals surface area contributed by atoms with Crippen LogP contribution in [0.1, 0.15) is 28.2 Å². The molecule has 1 aliphatic carbocycles. The second kappa shape index (κ2) is 8.06. The summed E-state index contributed by atoms with van der Waals surface area (Å²) in [5.41, 5.74) is 3.10. The van der Waals surface area contributed by atoms with Gasteiger partial charge < -0.3 is 10.2 Å². The maximum Gasteiger partial charge on any atom is 0.274 e. The van der Waals surface area contributed by atoms with Gasteiger partial charge >= 0.3 is 0 Å². The van der Waals surface area contributed by atoms with Crippen LogP contribution in [0.5, 0.6) is 0 Å².